The van der Waals surface area contributed by atoms with Crippen molar-refractivity contribution in [3.63, 3.8) is 0 Å². The van der Waals surface area contributed by atoms with Gasteiger partial charge in [0.1, 0.15) is 0 Å². The highest BCUT2D eigenvalue weighted by Gasteiger charge is 2.43. The number of allylic oxidation sites excluding steroid dienone is 1. The molecule has 4 aliphatic rings. The Labute approximate surface area is 191 Å². The van der Waals surface area contributed by atoms with Gasteiger partial charge in [-0.05, 0) is 83.8 Å². The van der Waals surface area contributed by atoms with Crippen LogP contribution in [0.2, 0.25) is 5.02 Å². The SMILES string of the molecule is O=C1N=C(N2CCC3(CC2)OCc2ccccc23)SC1=C1CCCc2ccc(Cl)cc21. The second-order valence-electron chi connectivity index (χ2n) is 8.69. The van der Waals surface area contributed by atoms with Crippen LogP contribution in [0.3, 0.4) is 0 Å². The number of carbonyl (C=O) groups is 1. The maximum atomic E-state index is 12.9. The summed E-state index contributed by atoms with van der Waals surface area (Å²) in [5.74, 6) is -0.106. The first kappa shape index (κ1) is 19.6. The molecule has 158 valence electrons. The van der Waals surface area contributed by atoms with Crippen molar-refractivity contribution < 1.29 is 9.53 Å². The Morgan fingerprint density at radius 1 is 1.06 bits per heavy atom. The topological polar surface area (TPSA) is 41.9 Å². The number of aryl methyl sites for hydroxylation is 1. The third kappa shape index (κ3) is 3.25. The molecule has 6 rings (SSSR count). The fourth-order valence-electron chi connectivity index (χ4n) is 5.35. The molecule has 0 atom stereocenters. The number of rotatable bonds is 0. The second-order valence-corrected chi connectivity index (χ2v) is 10.1. The lowest BCUT2D eigenvalue weighted by atomic mass is 9.84. The number of thioether (sulfide) groups is 1. The van der Waals surface area contributed by atoms with E-state index < -0.39 is 0 Å². The summed E-state index contributed by atoms with van der Waals surface area (Å²) in [6.45, 7) is 2.39. The van der Waals surface area contributed by atoms with Crippen molar-refractivity contribution in [1.82, 2.24) is 4.90 Å². The van der Waals surface area contributed by atoms with Gasteiger partial charge in [-0.25, -0.2) is 0 Å². The van der Waals surface area contributed by atoms with E-state index in [9.17, 15) is 4.79 Å². The van der Waals surface area contributed by atoms with Gasteiger partial charge in [0.05, 0.1) is 17.1 Å². The molecule has 1 fully saturated rings. The molecule has 0 saturated carbocycles. The van der Waals surface area contributed by atoms with Gasteiger partial charge in [0.15, 0.2) is 5.17 Å². The lowest BCUT2D eigenvalue weighted by molar-refractivity contribution is -0.113. The Morgan fingerprint density at radius 3 is 2.77 bits per heavy atom. The van der Waals surface area contributed by atoms with Crippen LogP contribution in [0.25, 0.3) is 5.57 Å². The molecule has 1 aliphatic carbocycles. The number of fused-ring (bicyclic) bond motifs is 3. The van der Waals surface area contributed by atoms with Crippen LogP contribution in [0, 0.1) is 0 Å². The van der Waals surface area contributed by atoms with Crippen LogP contribution in [-0.2, 0) is 28.2 Å². The first-order valence-electron chi connectivity index (χ1n) is 10.9. The van der Waals surface area contributed by atoms with Crippen molar-refractivity contribution in [3.8, 4) is 0 Å². The molecule has 4 nitrogen and oxygen atoms in total. The van der Waals surface area contributed by atoms with Crippen LogP contribution in [-0.4, -0.2) is 29.1 Å². The van der Waals surface area contributed by atoms with Crippen LogP contribution >= 0.6 is 23.4 Å². The lowest BCUT2D eigenvalue weighted by Gasteiger charge is -2.39. The van der Waals surface area contributed by atoms with E-state index in [1.54, 1.807) is 0 Å². The molecule has 2 aromatic carbocycles. The standard InChI is InChI=1S/C25H23ClN2O2S/c26-18-9-8-16-5-3-6-19(20(16)14-18)22-23(29)27-24(31-22)28-12-10-25(11-13-28)21-7-2-1-4-17(21)15-30-25/h1-2,4,7-9,14H,3,5-6,10-13,15H2. The zero-order valence-corrected chi connectivity index (χ0v) is 18.8. The van der Waals surface area contributed by atoms with Gasteiger partial charge in [-0.3, -0.25) is 4.79 Å². The van der Waals surface area contributed by atoms with Gasteiger partial charge < -0.3 is 9.64 Å². The van der Waals surface area contributed by atoms with Crippen molar-refractivity contribution >= 4 is 40.0 Å². The normalized spacial score (nSPS) is 24.4. The third-order valence-electron chi connectivity index (χ3n) is 6.98. The molecule has 2 aromatic rings. The molecule has 1 saturated heterocycles. The van der Waals surface area contributed by atoms with Crippen molar-refractivity contribution in [2.45, 2.75) is 44.3 Å². The number of likely N-dealkylation sites (tertiary alicyclic amines) is 1. The number of amidine groups is 1. The van der Waals surface area contributed by atoms with Gasteiger partial charge in [-0.2, -0.15) is 4.99 Å². The monoisotopic (exact) mass is 450 g/mol. The Kier molecular flexibility index (Phi) is 4.74. The number of benzene rings is 2. The largest absolute Gasteiger partial charge is 0.365 e. The van der Waals surface area contributed by atoms with E-state index in [0.29, 0.717) is 11.6 Å². The molecule has 1 spiro atoms. The van der Waals surface area contributed by atoms with Gasteiger partial charge in [0, 0.05) is 18.1 Å². The predicted molar refractivity (Wildman–Crippen MR) is 125 cm³/mol. The van der Waals surface area contributed by atoms with Gasteiger partial charge in [-0.15, -0.1) is 0 Å². The van der Waals surface area contributed by atoms with Crippen molar-refractivity contribution in [1.29, 1.82) is 0 Å². The number of piperidine rings is 1. The Hall–Kier alpha value is -2.08. The number of amides is 1. The zero-order valence-electron chi connectivity index (χ0n) is 17.2. The van der Waals surface area contributed by atoms with Crippen LogP contribution < -0.4 is 0 Å². The molecule has 0 radical (unpaired) electrons. The summed E-state index contributed by atoms with van der Waals surface area (Å²) in [6, 6.07) is 14.6. The highest BCUT2D eigenvalue weighted by molar-refractivity contribution is 8.18. The van der Waals surface area contributed by atoms with E-state index in [1.165, 1.54) is 28.5 Å². The van der Waals surface area contributed by atoms with E-state index in [4.69, 9.17) is 16.3 Å². The number of hydrogen-bond acceptors (Lipinski definition) is 4. The number of hydrogen-bond donors (Lipinski definition) is 0. The van der Waals surface area contributed by atoms with Crippen LogP contribution in [0.4, 0.5) is 0 Å². The minimum absolute atomic E-state index is 0.106. The van der Waals surface area contributed by atoms with Crippen LogP contribution in [0.15, 0.2) is 52.4 Å². The minimum atomic E-state index is -0.179. The summed E-state index contributed by atoms with van der Waals surface area (Å²) in [4.78, 5) is 20.4. The van der Waals surface area contributed by atoms with E-state index >= 15 is 0 Å². The first-order valence-corrected chi connectivity index (χ1v) is 12.1. The summed E-state index contributed by atoms with van der Waals surface area (Å²) in [6.07, 6.45) is 4.83. The molecular weight excluding hydrogens is 428 g/mol. The van der Waals surface area contributed by atoms with Gasteiger partial charge in [0.2, 0.25) is 0 Å². The van der Waals surface area contributed by atoms with E-state index in [-0.39, 0.29) is 11.5 Å². The molecule has 0 bridgehead atoms. The molecule has 3 heterocycles. The van der Waals surface area contributed by atoms with Gasteiger partial charge in [0.25, 0.3) is 5.91 Å². The highest BCUT2D eigenvalue weighted by Crippen LogP contribution is 2.46. The van der Waals surface area contributed by atoms with Crippen LogP contribution in [0.1, 0.15) is 47.9 Å². The summed E-state index contributed by atoms with van der Waals surface area (Å²) in [7, 11) is 0. The highest BCUT2D eigenvalue weighted by atomic mass is 35.5. The average Bonchev–Trinajstić information content (AvgIpc) is 3.35. The summed E-state index contributed by atoms with van der Waals surface area (Å²) >= 11 is 7.81. The fraction of sp³-hybridized carbons (Fsp3) is 0.360. The Morgan fingerprint density at radius 2 is 1.90 bits per heavy atom. The molecule has 1 amide bonds. The first-order chi connectivity index (χ1) is 15.1. The maximum Gasteiger partial charge on any atom is 0.286 e. The molecule has 3 aliphatic heterocycles. The van der Waals surface area contributed by atoms with E-state index in [1.807, 2.05) is 12.1 Å². The Balaban J connectivity index is 1.23. The second kappa shape index (κ2) is 7.51. The smallest absolute Gasteiger partial charge is 0.286 e. The number of ether oxygens (including phenoxy) is 1. The minimum Gasteiger partial charge on any atom is -0.365 e. The van der Waals surface area contributed by atoms with E-state index in [2.05, 4.69) is 40.2 Å². The maximum absolute atomic E-state index is 12.9. The number of halogens is 1. The molecule has 0 N–H and O–H groups in total. The summed E-state index contributed by atoms with van der Waals surface area (Å²) in [5, 5.41) is 1.55. The zero-order chi connectivity index (χ0) is 21.0. The van der Waals surface area contributed by atoms with E-state index in [0.717, 1.165) is 66.4 Å². The average molecular weight is 451 g/mol. The third-order valence-corrected chi connectivity index (χ3v) is 8.37. The fourth-order valence-corrected chi connectivity index (χ4v) is 6.62. The van der Waals surface area contributed by atoms with Crippen molar-refractivity contribution in [2.24, 2.45) is 4.99 Å². The molecule has 0 aromatic heterocycles. The number of carbonyl (C=O) groups excluding carboxylic acids is 1. The Bertz CT molecular complexity index is 1150. The molecule has 0 unspecified atom stereocenters. The summed E-state index contributed by atoms with van der Waals surface area (Å²) in [5.41, 5.74) is 5.97. The van der Waals surface area contributed by atoms with Gasteiger partial charge in [-0.1, -0.05) is 41.9 Å². The van der Waals surface area contributed by atoms with Crippen molar-refractivity contribution in [2.75, 3.05) is 13.1 Å². The lowest BCUT2D eigenvalue weighted by Crippen LogP contribution is -2.44. The number of aliphatic imine (C=N–C) groups is 1. The van der Waals surface area contributed by atoms with Crippen LogP contribution in [0.5, 0.6) is 0 Å². The van der Waals surface area contributed by atoms with Crippen molar-refractivity contribution in [3.05, 3.63) is 74.6 Å². The summed E-state index contributed by atoms with van der Waals surface area (Å²) < 4.78 is 6.29. The quantitative estimate of drug-likeness (QED) is 0.494. The predicted octanol–water partition coefficient (Wildman–Crippen LogP) is 5.54. The molecule has 31 heavy (non-hydrogen) atoms. The molecule has 6 heteroatoms. The number of nitrogens with zero attached hydrogens (tertiary/aromatic N) is 2. The molecular formula is C25H23ClN2O2S. The van der Waals surface area contributed by atoms with Gasteiger partial charge >= 0.3 is 0 Å².